The maximum Gasteiger partial charge on any atom is 0.253 e. The maximum atomic E-state index is 12.4. The van der Waals surface area contributed by atoms with Crippen LogP contribution in [-0.4, -0.2) is 22.8 Å². The van der Waals surface area contributed by atoms with Crippen molar-refractivity contribution in [1.82, 2.24) is 9.88 Å². The minimum Gasteiger partial charge on any atom is -0.336 e. The van der Waals surface area contributed by atoms with E-state index in [2.05, 4.69) is 20.9 Å². The third-order valence-corrected chi connectivity index (χ3v) is 3.96. The van der Waals surface area contributed by atoms with Crippen LogP contribution in [0.4, 0.5) is 0 Å². The summed E-state index contributed by atoms with van der Waals surface area (Å²) >= 11 is 3.46. The molecule has 0 fully saturated rings. The molecule has 2 aromatic rings. The van der Waals surface area contributed by atoms with Crippen LogP contribution in [-0.2, 0) is 6.54 Å². The third-order valence-electron chi connectivity index (χ3n) is 3.11. The summed E-state index contributed by atoms with van der Waals surface area (Å²) in [5.74, 6) is -0.00555. The first-order valence-corrected chi connectivity index (χ1v) is 7.21. The first-order chi connectivity index (χ1) is 9.47. The zero-order chi connectivity index (χ0) is 14.7. The highest BCUT2D eigenvalue weighted by Gasteiger charge is 2.13. The minimum absolute atomic E-state index is 0.00555. The van der Waals surface area contributed by atoms with Gasteiger partial charge in [0.2, 0.25) is 0 Å². The highest BCUT2D eigenvalue weighted by atomic mass is 79.9. The van der Waals surface area contributed by atoms with Crippen LogP contribution in [0, 0.1) is 13.8 Å². The molecule has 1 aromatic carbocycles. The lowest BCUT2D eigenvalue weighted by atomic mass is 10.1. The second-order valence-electron chi connectivity index (χ2n) is 4.90. The van der Waals surface area contributed by atoms with Crippen molar-refractivity contribution in [1.29, 1.82) is 0 Å². The number of carbonyl (C=O) groups is 1. The molecule has 0 unspecified atom stereocenters. The Balaban J connectivity index is 2.14. The number of hydrogen-bond donors (Lipinski definition) is 0. The summed E-state index contributed by atoms with van der Waals surface area (Å²) in [7, 11) is 1.79. The van der Waals surface area contributed by atoms with Crippen molar-refractivity contribution < 1.29 is 4.79 Å². The summed E-state index contributed by atoms with van der Waals surface area (Å²) in [4.78, 5) is 18.5. The monoisotopic (exact) mass is 332 g/mol. The van der Waals surface area contributed by atoms with Crippen molar-refractivity contribution in [2.75, 3.05) is 7.05 Å². The Morgan fingerprint density at radius 2 is 2.00 bits per heavy atom. The average molecular weight is 333 g/mol. The molecule has 0 saturated heterocycles. The van der Waals surface area contributed by atoms with Crippen LogP contribution >= 0.6 is 15.9 Å². The van der Waals surface area contributed by atoms with E-state index in [9.17, 15) is 4.79 Å². The van der Waals surface area contributed by atoms with Crippen molar-refractivity contribution in [3.63, 3.8) is 0 Å². The van der Waals surface area contributed by atoms with Gasteiger partial charge in [-0.3, -0.25) is 9.78 Å². The van der Waals surface area contributed by atoms with Gasteiger partial charge in [-0.05, 0) is 43.7 Å². The zero-order valence-electron chi connectivity index (χ0n) is 11.9. The number of carbonyl (C=O) groups excluding carboxylic acids is 1. The Hall–Kier alpha value is -1.68. The van der Waals surface area contributed by atoms with Crippen molar-refractivity contribution in [2.24, 2.45) is 0 Å². The fourth-order valence-corrected chi connectivity index (χ4v) is 2.33. The fourth-order valence-electron chi connectivity index (χ4n) is 1.95. The number of hydrogen-bond acceptors (Lipinski definition) is 2. The summed E-state index contributed by atoms with van der Waals surface area (Å²) in [5, 5.41) is 0. The molecule has 1 aromatic heterocycles. The van der Waals surface area contributed by atoms with Crippen molar-refractivity contribution in [3.05, 3.63) is 63.4 Å². The second-order valence-corrected chi connectivity index (χ2v) is 5.75. The molecule has 104 valence electrons. The van der Waals surface area contributed by atoms with Crippen LogP contribution in [0.2, 0.25) is 0 Å². The largest absolute Gasteiger partial charge is 0.336 e. The zero-order valence-corrected chi connectivity index (χ0v) is 13.4. The topological polar surface area (TPSA) is 33.2 Å². The molecule has 0 aliphatic rings. The predicted molar refractivity (Wildman–Crippen MR) is 83.7 cm³/mol. The van der Waals surface area contributed by atoms with E-state index < -0.39 is 0 Å². The summed E-state index contributed by atoms with van der Waals surface area (Å²) in [6, 6.07) is 11.5. The van der Waals surface area contributed by atoms with Gasteiger partial charge in [0.25, 0.3) is 5.91 Å². The second kappa shape index (κ2) is 6.18. The third kappa shape index (κ3) is 3.45. The van der Waals surface area contributed by atoms with Gasteiger partial charge < -0.3 is 4.90 Å². The highest BCUT2D eigenvalue weighted by molar-refractivity contribution is 9.10. The summed E-state index contributed by atoms with van der Waals surface area (Å²) in [6.07, 6.45) is 0. The minimum atomic E-state index is -0.00555. The van der Waals surface area contributed by atoms with Crippen LogP contribution < -0.4 is 0 Å². The molecule has 0 N–H and O–H groups in total. The molecule has 0 atom stereocenters. The lowest BCUT2D eigenvalue weighted by molar-refractivity contribution is 0.0783. The quantitative estimate of drug-likeness (QED) is 0.857. The Labute approximate surface area is 127 Å². The van der Waals surface area contributed by atoms with Crippen LogP contribution in [0.15, 0.2) is 40.9 Å². The molecule has 0 aliphatic carbocycles. The number of rotatable bonds is 3. The molecule has 0 radical (unpaired) electrons. The molecule has 3 nitrogen and oxygen atoms in total. The number of amides is 1. The van der Waals surface area contributed by atoms with E-state index in [4.69, 9.17) is 0 Å². The molecular weight excluding hydrogens is 316 g/mol. The van der Waals surface area contributed by atoms with Gasteiger partial charge in [-0.15, -0.1) is 0 Å². The lowest BCUT2D eigenvalue weighted by Gasteiger charge is -2.17. The van der Waals surface area contributed by atoms with Crippen molar-refractivity contribution >= 4 is 21.8 Å². The van der Waals surface area contributed by atoms with E-state index in [0.717, 1.165) is 21.4 Å². The Bertz CT molecular complexity index is 640. The number of halogens is 1. The molecule has 0 bridgehead atoms. The summed E-state index contributed by atoms with van der Waals surface area (Å²) in [5.41, 5.74) is 3.65. The summed E-state index contributed by atoms with van der Waals surface area (Å²) in [6.45, 7) is 4.45. The molecule has 2 rings (SSSR count). The molecule has 1 amide bonds. The van der Waals surface area contributed by atoms with Gasteiger partial charge in [-0.25, -0.2) is 0 Å². The Morgan fingerprint density at radius 3 is 2.65 bits per heavy atom. The molecule has 0 saturated carbocycles. The van der Waals surface area contributed by atoms with Gasteiger partial charge >= 0.3 is 0 Å². The van der Waals surface area contributed by atoms with Gasteiger partial charge in [0, 0.05) is 22.8 Å². The molecule has 1 heterocycles. The van der Waals surface area contributed by atoms with E-state index in [1.54, 1.807) is 11.9 Å². The van der Waals surface area contributed by atoms with Crippen LogP contribution in [0.5, 0.6) is 0 Å². The van der Waals surface area contributed by atoms with Gasteiger partial charge in [0.15, 0.2) is 0 Å². The van der Waals surface area contributed by atoms with Gasteiger partial charge in [-0.2, -0.15) is 0 Å². The Kier molecular flexibility index (Phi) is 4.55. The van der Waals surface area contributed by atoms with Crippen molar-refractivity contribution in [3.8, 4) is 0 Å². The standard InChI is InChI=1S/C16H17BrN2O/c1-11-7-8-13(9-15(11)17)16(20)19(3)10-14-6-4-5-12(2)18-14/h4-9H,10H2,1-3H3. The van der Waals surface area contributed by atoms with Crippen LogP contribution in [0.25, 0.3) is 0 Å². The maximum absolute atomic E-state index is 12.4. The molecule has 4 heteroatoms. The number of aromatic nitrogens is 1. The number of benzene rings is 1. The SMILES string of the molecule is Cc1cccc(CN(C)C(=O)c2ccc(C)c(Br)c2)n1. The molecule has 0 aliphatic heterocycles. The summed E-state index contributed by atoms with van der Waals surface area (Å²) < 4.78 is 0.949. The predicted octanol–water partition coefficient (Wildman–Crippen LogP) is 3.73. The molecular formula is C16H17BrN2O. The van der Waals surface area contributed by atoms with E-state index in [1.165, 1.54) is 0 Å². The molecule has 0 spiro atoms. The van der Waals surface area contributed by atoms with Gasteiger partial charge in [0.1, 0.15) is 0 Å². The first kappa shape index (κ1) is 14.7. The molecule has 20 heavy (non-hydrogen) atoms. The van der Waals surface area contributed by atoms with E-state index in [1.807, 2.05) is 50.2 Å². The van der Waals surface area contributed by atoms with E-state index in [-0.39, 0.29) is 5.91 Å². The Morgan fingerprint density at radius 1 is 1.25 bits per heavy atom. The van der Waals surface area contributed by atoms with Crippen LogP contribution in [0.3, 0.4) is 0 Å². The highest BCUT2D eigenvalue weighted by Crippen LogP contribution is 2.18. The van der Waals surface area contributed by atoms with Gasteiger partial charge in [-0.1, -0.05) is 28.1 Å². The smallest absolute Gasteiger partial charge is 0.253 e. The fraction of sp³-hybridized carbons (Fsp3) is 0.250. The number of nitrogens with zero attached hydrogens (tertiary/aromatic N) is 2. The van der Waals surface area contributed by atoms with E-state index in [0.29, 0.717) is 12.1 Å². The average Bonchev–Trinajstić information content (AvgIpc) is 2.41. The first-order valence-electron chi connectivity index (χ1n) is 6.41. The normalized spacial score (nSPS) is 10.4. The number of aryl methyl sites for hydroxylation is 2. The van der Waals surface area contributed by atoms with E-state index >= 15 is 0 Å². The number of pyridine rings is 1. The van der Waals surface area contributed by atoms with Crippen molar-refractivity contribution in [2.45, 2.75) is 20.4 Å². The lowest BCUT2D eigenvalue weighted by Crippen LogP contribution is -2.26. The van der Waals surface area contributed by atoms with Crippen LogP contribution in [0.1, 0.15) is 27.3 Å². The van der Waals surface area contributed by atoms with Gasteiger partial charge in [0.05, 0.1) is 12.2 Å².